The molecular weight excluding hydrogens is 244 g/mol. The lowest BCUT2D eigenvalue weighted by molar-refractivity contribution is -0.385. The molecule has 6 nitrogen and oxygen atoms in total. The summed E-state index contributed by atoms with van der Waals surface area (Å²) in [7, 11) is 0. The van der Waals surface area contributed by atoms with Crippen LogP contribution >= 0.6 is 0 Å². The van der Waals surface area contributed by atoms with Crippen LogP contribution in [0.4, 0.5) is 11.4 Å². The molecule has 0 atom stereocenters. The number of aromatic nitrogens is 1. The van der Waals surface area contributed by atoms with E-state index in [0.717, 1.165) is 5.56 Å². The molecule has 94 valence electrons. The molecule has 0 aliphatic carbocycles. The predicted octanol–water partition coefficient (Wildman–Crippen LogP) is 2.47. The van der Waals surface area contributed by atoms with Crippen LogP contribution < -0.4 is 5.32 Å². The van der Waals surface area contributed by atoms with E-state index in [4.69, 9.17) is 5.26 Å². The largest absolute Gasteiger partial charge is 0.381 e. The summed E-state index contributed by atoms with van der Waals surface area (Å²) in [5.41, 5.74) is 1.48. The molecule has 2 rings (SSSR count). The average Bonchev–Trinajstić information content (AvgIpc) is 2.46. The first kappa shape index (κ1) is 12.5. The number of nitro benzene ring substituents is 1. The Hall–Kier alpha value is -2.94. The third kappa shape index (κ3) is 3.04. The van der Waals surface area contributed by atoms with Crippen molar-refractivity contribution in [2.45, 2.75) is 6.54 Å². The summed E-state index contributed by atoms with van der Waals surface area (Å²) < 4.78 is 0. The number of hydrogen-bond acceptors (Lipinski definition) is 5. The first-order chi connectivity index (χ1) is 9.20. The highest BCUT2D eigenvalue weighted by molar-refractivity contribution is 5.59. The summed E-state index contributed by atoms with van der Waals surface area (Å²) in [6, 6.07) is 9.95. The fraction of sp³-hybridized carbons (Fsp3) is 0.0769. The van der Waals surface area contributed by atoms with Crippen LogP contribution in [0, 0.1) is 21.4 Å². The topological polar surface area (TPSA) is 91.8 Å². The lowest BCUT2D eigenvalue weighted by Gasteiger charge is -2.06. The third-order valence-corrected chi connectivity index (χ3v) is 2.56. The Morgan fingerprint density at radius 1 is 1.32 bits per heavy atom. The Bertz CT molecular complexity index is 635. The summed E-state index contributed by atoms with van der Waals surface area (Å²) in [5.74, 6) is 0. The Kier molecular flexibility index (Phi) is 3.69. The van der Waals surface area contributed by atoms with Crippen molar-refractivity contribution in [3.8, 4) is 6.07 Å². The summed E-state index contributed by atoms with van der Waals surface area (Å²) in [5, 5.41) is 22.7. The maximum Gasteiger partial charge on any atom is 0.289 e. The highest BCUT2D eigenvalue weighted by Crippen LogP contribution is 2.22. The van der Waals surface area contributed by atoms with Crippen LogP contribution in [0.25, 0.3) is 0 Å². The molecule has 0 bridgehead atoms. The van der Waals surface area contributed by atoms with Crippen LogP contribution in [-0.2, 0) is 6.54 Å². The Morgan fingerprint density at radius 2 is 2.05 bits per heavy atom. The molecule has 1 N–H and O–H groups in total. The summed E-state index contributed by atoms with van der Waals surface area (Å²) in [4.78, 5) is 14.2. The molecule has 0 unspecified atom stereocenters. The molecule has 0 saturated carbocycles. The van der Waals surface area contributed by atoms with E-state index in [1.165, 1.54) is 12.1 Å². The molecule has 1 aromatic carbocycles. The molecule has 6 heteroatoms. The minimum Gasteiger partial charge on any atom is -0.381 e. The quantitative estimate of drug-likeness (QED) is 0.668. The van der Waals surface area contributed by atoms with Crippen molar-refractivity contribution in [3.63, 3.8) is 0 Å². The van der Waals surface area contributed by atoms with E-state index in [1.807, 2.05) is 12.1 Å². The summed E-state index contributed by atoms with van der Waals surface area (Å²) >= 11 is 0. The second-order valence-electron chi connectivity index (χ2n) is 3.81. The summed E-state index contributed by atoms with van der Waals surface area (Å²) in [6.45, 7) is 0.533. The van der Waals surface area contributed by atoms with Gasteiger partial charge in [-0.05, 0) is 29.8 Å². The van der Waals surface area contributed by atoms with Crippen LogP contribution in [0.1, 0.15) is 11.1 Å². The maximum atomic E-state index is 10.8. The summed E-state index contributed by atoms with van der Waals surface area (Å²) in [6.07, 6.45) is 3.36. The molecule has 0 spiro atoms. The van der Waals surface area contributed by atoms with E-state index in [0.29, 0.717) is 12.2 Å². The number of nitriles is 1. The lowest BCUT2D eigenvalue weighted by Crippen LogP contribution is -2.01. The Morgan fingerprint density at radius 3 is 2.68 bits per heavy atom. The van der Waals surface area contributed by atoms with E-state index in [1.54, 1.807) is 24.5 Å². The van der Waals surface area contributed by atoms with Crippen molar-refractivity contribution in [1.29, 1.82) is 5.26 Å². The number of anilines is 1. The van der Waals surface area contributed by atoms with Gasteiger partial charge in [0, 0.05) is 30.7 Å². The lowest BCUT2D eigenvalue weighted by atomic mass is 10.1. The van der Waals surface area contributed by atoms with Crippen molar-refractivity contribution in [3.05, 3.63) is 64.0 Å². The van der Waals surface area contributed by atoms with E-state index in [2.05, 4.69) is 10.3 Å². The van der Waals surface area contributed by atoms with Crippen LogP contribution in [-0.4, -0.2) is 9.91 Å². The van der Waals surface area contributed by atoms with Crippen molar-refractivity contribution in [1.82, 2.24) is 4.98 Å². The first-order valence-electron chi connectivity index (χ1n) is 5.52. The highest BCUT2D eigenvalue weighted by Gasteiger charge is 2.13. The van der Waals surface area contributed by atoms with Gasteiger partial charge in [-0.3, -0.25) is 15.1 Å². The number of nitro groups is 1. The SMILES string of the molecule is N#Cc1ccc(NCc2ccncc2)cc1[N+](=O)[O-]. The van der Waals surface area contributed by atoms with E-state index >= 15 is 0 Å². The van der Waals surface area contributed by atoms with Crippen molar-refractivity contribution in [2.75, 3.05) is 5.32 Å². The fourth-order valence-corrected chi connectivity index (χ4v) is 1.59. The number of nitrogens with one attached hydrogen (secondary N) is 1. The van der Waals surface area contributed by atoms with Crippen LogP contribution in [0.15, 0.2) is 42.7 Å². The normalized spacial score (nSPS) is 9.63. The highest BCUT2D eigenvalue weighted by atomic mass is 16.6. The Labute approximate surface area is 109 Å². The maximum absolute atomic E-state index is 10.8. The average molecular weight is 254 g/mol. The molecule has 1 aromatic heterocycles. The zero-order valence-electron chi connectivity index (χ0n) is 9.91. The second-order valence-corrected chi connectivity index (χ2v) is 3.81. The molecular formula is C13H10N4O2. The fourth-order valence-electron chi connectivity index (χ4n) is 1.59. The standard InChI is InChI=1S/C13H10N4O2/c14-8-11-1-2-12(7-13(11)17(18)19)16-9-10-3-5-15-6-4-10/h1-7,16H,9H2. The van der Waals surface area contributed by atoms with Gasteiger partial charge in [0.2, 0.25) is 0 Å². The third-order valence-electron chi connectivity index (χ3n) is 2.56. The molecule has 0 fully saturated rings. The van der Waals surface area contributed by atoms with E-state index in [-0.39, 0.29) is 11.3 Å². The van der Waals surface area contributed by atoms with Gasteiger partial charge in [-0.2, -0.15) is 5.26 Å². The monoisotopic (exact) mass is 254 g/mol. The molecule has 0 saturated heterocycles. The molecule has 2 aromatic rings. The molecule has 0 radical (unpaired) electrons. The van der Waals surface area contributed by atoms with Crippen molar-refractivity contribution < 1.29 is 4.92 Å². The van der Waals surface area contributed by atoms with Crippen molar-refractivity contribution >= 4 is 11.4 Å². The van der Waals surface area contributed by atoms with Crippen LogP contribution in [0.2, 0.25) is 0 Å². The van der Waals surface area contributed by atoms with Gasteiger partial charge in [0.05, 0.1) is 4.92 Å². The minimum absolute atomic E-state index is 0.0551. The molecule has 0 amide bonds. The number of nitrogens with zero attached hydrogens (tertiary/aromatic N) is 3. The minimum atomic E-state index is -0.559. The van der Waals surface area contributed by atoms with Crippen LogP contribution in [0.3, 0.4) is 0 Å². The number of rotatable bonds is 4. The zero-order chi connectivity index (χ0) is 13.7. The number of hydrogen-bond donors (Lipinski definition) is 1. The van der Waals surface area contributed by atoms with Gasteiger partial charge in [0.15, 0.2) is 0 Å². The van der Waals surface area contributed by atoms with Crippen LogP contribution in [0.5, 0.6) is 0 Å². The van der Waals surface area contributed by atoms with E-state index in [9.17, 15) is 10.1 Å². The van der Waals surface area contributed by atoms with Gasteiger partial charge < -0.3 is 5.32 Å². The predicted molar refractivity (Wildman–Crippen MR) is 69.4 cm³/mol. The molecule has 19 heavy (non-hydrogen) atoms. The van der Waals surface area contributed by atoms with Gasteiger partial charge in [0.25, 0.3) is 5.69 Å². The van der Waals surface area contributed by atoms with Crippen molar-refractivity contribution in [2.24, 2.45) is 0 Å². The Balaban J connectivity index is 2.16. The van der Waals surface area contributed by atoms with Gasteiger partial charge in [-0.25, -0.2) is 0 Å². The van der Waals surface area contributed by atoms with Gasteiger partial charge in [-0.1, -0.05) is 0 Å². The van der Waals surface area contributed by atoms with Gasteiger partial charge in [0.1, 0.15) is 11.6 Å². The van der Waals surface area contributed by atoms with E-state index < -0.39 is 4.92 Å². The number of benzene rings is 1. The molecule has 0 aliphatic heterocycles. The molecule has 0 aliphatic rings. The zero-order valence-corrected chi connectivity index (χ0v) is 9.91. The number of pyridine rings is 1. The molecule has 1 heterocycles. The van der Waals surface area contributed by atoms with Gasteiger partial charge >= 0.3 is 0 Å². The first-order valence-corrected chi connectivity index (χ1v) is 5.52. The smallest absolute Gasteiger partial charge is 0.289 e. The van der Waals surface area contributed by atoms with Gasteiger partial charge in [-0.15, -0.1) is 0 Å². The second kappa shape index (κ2) is 5.60.